The monoisotopic (exact) mass is 334 g/mol. The second kappa shape index (κ2) is 6.80. The third-order valence-corrected chi connectivity index (χ3v) is 5.44. The second-order valence-corrected chi connectivity index (χ2v) is 7.29. The van der Waals surface area contributed by atoms with Crippen molar-refractivity contribution in [2.75, 3.05) is 13.1 Å². The van der Waals surface area contributed by atoms with Gasteiger partial charge < -0.3 is 15.6 Å². The van der Waals surface area contributed by atoms with Crippen LogP contribution >= 0.6 is 11.3 Å². The maximum atomic E-state index is 12.2. The molecule has 0 radical (unpaired) electrons. The first-order valence-corrected chi connectivity index (χ1v) is 8.85. The molecule has 6 nitrogen and oxygen atoms in total. The lowest BCUT2D eigenvalue weighted by Gasteiger charge is -2.23. The van der Waals surface area contributed by atoms with Gasteiger partial charge in [-0.05, 0) is 38.8 Å². The Kier molecular flexibility index (Phi) is 4.77. The number of carbonyl (C=O) groups excluding carboxylic acids is 1. The van der Waals surface area contributed by atoms with Gasteiger partial charge in [-0.3, -0.25) is 9.59 Å². The fourth-order valence-corrected chi connectivity index (χ4v) is 3.97. The van der Waals surface area contributed by atoms with E-state index in [-0.39, 0.29) is 17.5 Å². The van der Waals surface area contributed by atoms with Crippen molar-refractivity contribution in [1.29, 1.82) is 0 Å². The number of fused-ring (bicyclic) bond motifs is 1. The van der Waals surface area contributed by atoms with Gasteiger partial charge >= 0.3 is 0 Å². The van der Waals surface area contributed by atoms with Crippen molar-refractivity contribution in [3.8, 4) is 0 Å². The Hall–Kier alpha value is -1.73. The number of nitrogens with one attached hydrogen (secondary N) is 3. The first-order chi connectivity index (χ1) is 11.0. The number of carbonyl (C=O) groups is 1. The molecule has 7 heteroatoms. The van der Waals surface area contributed by atoms with Crippen LogP contribution < -0.4 is 16.2 Å². The van der Waals surface area contributed by atoms with Crippen LogP contribution in [0.1, 0.15) is 35.5 Å². The van der Waals surface area contributed by atoms with Crippen molar-refractivity contribution in [2.45, 2.75) is 45.6 Å². The van der Waals surface area contributed by atoms with Crippen LogP contribution in [0.5, 0.6) is 0 Å². The van der Waals surface area contributed by atoms with Crippen LogP contribution in [0.2, 0.25) is 0 Å². The molecule has 0 aliphatic carbocycles. The summed E-state index contributed by atoms with van der Waals surface area (Å²) in [5.41, 5.74) is 0.886. The van der Waals surface area contributed by atoms with E-state index in [2.05, 4.69) is 20.6 Å². The Morgan fingerprint density at radius 2 is 2.26 bits per heavy atom. The van der Waals surface area contributed by atoms with Gasteiger partial charge in [0.15, 0.2) is 0 Å². The number of nitrogens with zero attached hydrogens (tertiary/aromatic N) is 1. The summed E-state index contributed by atoms with van der Waals surface area (Å²) < 4.78 is 0. The molecule has 1 atom stereocenters. The van der Waals surface area contributed by atoms with Gasteiger partial charge in [-0.2, -0.15) is 0 Å². The summed E-state index contributed by atoms with van der Waals surface area (Å²) in [7, 11) is 0. The van der Waals surface area contributed by atoms with Crippen LogP contribution in [-0.4, -0.2) is 35.0 Å². The van der Waals surface area contributed by atoms with Gasteiger partial charge in [0.25, 0.3) is 5.56 Å². The number of amides is 1. The molecule has 0 bridgehead atoms. The van der Waals surface area contributed by atoms with E-state index in [1.807, 2.05) is 13.8 Å². The van der Waals surface area contributed by atoms with Crippen LogP contribution in [-0.2, 0) is 11.2 Å². The maximum Gasteiger partial charge on any atom is 0.259 e. The van der Waals surface area contributed by atoms with Gasteiger partial charge in [0, 0.05) is 30.3 Å². The Morgan fingerprint density at radius 1 is 1.43 bits per heavy atom. The SMILES string of the molecule is Cc1sc2nc(CCC(=O)N[C@H]3CCCNC3)[nH]c(=O)c2c1C. The molecule has 2 aromatic rings. The van der Waals surface area contributed by atoms with Crippen molar-refractivity contribution < 1.29 is 4.79 Å². The smallest absolute Gasteiger partial charge is 0.259 e. The zero-order chi connectivity index (χ0) is 16.4. The molecule has 3 rings (SSSR count). The summed E-state index contributed by atoms with van der Waals surface area (Å²) in [5.74, 6) is 0.598. The number of hydrogen-bond donors (Lipinski definition) is 3. The first-order valence-electron chi connectivity index (χ1n) is 8.03. The number of piperidine rings is 1. The van der Waals surface area contributed by atoms with Crippen LogP contribution in [0.15, 0.2) is 4.79 Å². The van der Waals surface area contributed by atoms with Gasteiger partial charge in [0.05, 0.1) is 5.39 Å². The largest absolute Gasteiger partial charge is 0.352 e. The molecule has 0 spiro atoms. The molecule has 23 heavy (non-hydrogen) atoms. The van der Waals surface area contributed by atoms with E-state index in [1.165, 1.54) is 11.3 Å². The highest BCUT2D eigenvalue weighted by Gasteiger charge is 2.16. The Morgan fingerprint density at radius 3 is 3.00 bits per heavy atom. The summed E-state index contributed by atoms with van der Waals surface area (Å²) in [6.07, 6.45) is 2.91. The lowest BCUT2D eigenvalue weighted by molar-refractivity contribution is -0.121. The standard InChI is InChI=1S/C16H22N4O2S/c1-9-10(2)23-16-14(9)15(22)19-12(20-16)5-6-13(21)18-11-4-3-7-17-8-11/h11,17H,3-8H2,1-2H3,(H,18,21)(H,19,20,22)/t11-/m0/s1. The van der Waals surface area contributed by atoms with Gasteiger partial charge in [-0.25, -0.2) is 4.98 Å². The highest BCUT2D eigenvalue weighted by atomic mass is 32.1. The summed E-state index contributed by atoms with van der Waals surface area (Å²) in [6.45, 7) is 5.79. The summed E-state index contributed by atoms with van der Waals surface area (Å²) in [5, 5.41) is 6.99. The number of thiophene rings is 1. The van der Waals surface area contributed by atoms with E-state index >= 15 is 0 Å². The number of hydrogen-bond acceptors (Lipinski definition) is 5. The van der Waals surface area contributed by atoms with E-state index in [0.717, 1.165) is 41.2 Å². The second-order valence-electron chi connectivity index (χ2n) is 6.09. The number of aromatic amines is 1. The molecule has 124 valence electrons. The highest BCUT2D eigenvalue weighted by molar-refractivity contribution is 7.18. The fraction of sp³-hybridized carbons (Fsp3) is 0.562. The normalized spacial score (nSPS) is 18.3. The van der Waals surface area contributed by atoms with E-state index < -0.39 is 0 Å². The molecule has 1 saturated heterocycles. The molecule has 0 aromatic carbocycles. The zero-order valence-corrected chi connectivity index (χ0v) is 14.3. The summed E-state index contributed by atoms with van der Waals surface area (Å²) >= 11 is 1.53. The Bertz CT molecular complexity index is 774. The number of aromatic nitrogens is 2. The van der Waals surface area contributed by atoms with Crippen molar-refractivity contribution in [3.63, 3.8) is 0 Å². The topological polar surface area (TPSA) is 86.9 Å². The van der Waals surface area contributed by atoms with Crippen LogP contribution in [0.25, 0.3) is 10.2 Å². The van der Waals surface area contributed by atoms with E-state index in [1.54, 1.807) is 0 Å². The first kappa shape index (κ1) is 16.1. The molecule has 3 heterocycles. The van der Waals surface area contributed by atoms with Crippen molar-refractivity contribution in [2.24, 2.45) is 0 Å². The minimum atomic E-state index is -0.108. The quantitative estimate of drug-likeness (QED) is 0.789. The van der Waals surface area contributed by atoms with Gasteiger partial charge in [0.1, 0.15) is 10.7 Å². The molecular formula is C16H22N4O2S. The maximum absolute atomic E-state index is 12.2. The predicted octanol–water partition coefficient (Wildman–Crippen LogP) is 1.40. The van der Waals surface area contributed by atoms with Crippen LogP contribution in [0.3, 0.4) is 0 Å². The van der Waals surface area contributed by atoms with E-state index in [0.29, 0.717) is 24.1 Å². The van der Waals surface area contributed by atoms with E-state index in [4.69, 9.17) is 0 Å². The molecule has 1 aliphatic rings. The molecule has 3 N–H and O–H groups in total. The molecule has 0 saturated carbocycles. The lowest BCUT2D eigenvalue weighted by Crippen LogP contribution is -2.45. The number of aryl methyl sites for hydroxylation is 3. The highest BCUT2D eigenvalue weighted by Crippen LogP contribution is 2.25. The van der Waals surface area contributed by atoms with Crippen LogP contribution in [0, 0.1) is 13.8 Å². The van der Waals surface area contributed by atoms with Crippen molar-refractivity contribution in [1.82, 2.24) is 20.6 Å². The Balaban J connectivity index is 1.65. The van der Waals surface area contributed by atoms with Crippen LogP contribution in [0.4, 0.5) is 0 Å². The predicted molar refractivity (Wildman–Crippen MR) is 92.1 cm³/mol. The van der Waals surface area contributed by atoms with Gasteiger partial charge in [0.2, 0.25) is 5.91 Å². The third-order valence-electron chi connectivity index (χ3n) is 4.34. The number of rotatable bonds is 4. The molecule has 1 fully saturated rings. The Labute approximate surface area is 138 Å². The zero-order valence-electron chi connectivity index (χ0n) is 13.5. The molecular weight excluding hydrogens is 312 g/mol. The minimum Gasteiger partial charge on any atom is -0.352 e. The average Bonchev–Trinajstić information content (AvgIpc) is 2.81. The molecule has 2 aromatic heterocycles. The fourth-order valence-electron chi connectivity index (χ4n) is 2.92. The number of H-pyrrole nitrogens is 1. The molecule has 1 amide bonds. The summed E-state index contributed by atoms with van der Waals surface area (Å²) in [6, 6.07) is 0.216. The third kappa shape index (κ3) is 3.61. The lowest BCUT2D eigenvalue weighted by atomic mass is 10.1. The molecule has 1 aliphatic heterocycles. The van der Waals surface area contributed by atoms with E-state index in [9.17, 15) is 9.59 Å². The molecule has 0 unspecified atom stereocenters. The minimum absolute atomic E-state index is 0.0139. The van der Waals surface area contributed by atoms with Gasteiger partial charge in [-0.1, -0.05) is 0 Å². The van der Waals surface area contributed by atoms with Crippen molar-refractivity contribution in [3.05, 3.63) is 26.6 Å². The average molecular weight is 334 g/mol. The van der Waals surface area contributed by atoms with Gasteiger partial charge in [-0.15, -0.1) is 11.3 Å². The summed E-state index contributed by atoms with van der Waals surface area (Å²) in [4.78, 5) is 33.4. The van der Waals surface area contributed by atoms with Crippen molar-refractivity contribution >= 4 is 27.5 Å².